The maximum atomic E-state index is 15.6. The molecular weight excluding hydrogens is 393 g/mol. The normalized spacial score (nSPS) is 50.8. The summed E-state index contributed by atoms with van der Waals surface area (Å²) in [6.45, 7) is 6.34. The molecule has 3 nitrogen and oxygen atoms in total. The Labute approximate surface area is 177 Å². The average molecular weight is 431 g/mol. The van der Waals surface area contributed by atoms with Crippen LogP contribution in [0, 0.1) is 46.3 Å². The van der Waals surface area contributed by atoms with Gasteiger partial charge in [-0.2, -0.15) is 0 Å². The number of alkyl halides is 3. The highest BCUT2D eigenvalue weighted by Gasteiger charge is 2.69. The quantitative estimate of drug-likeness (QED) is 0.571. The molecule has 2 N–H and O–H groups in total. The lowest BCUT2D eigenvalue weighted by atomic mass is 9.43. The Kier molecular flexibility index (Phi) is 5.31. The van der Waals surface area contributed by atoms with Crippen LogP contribution in [0.3, 0.4) is 0 Å². The Balaban J connectivity index is 1.61. The maximum Gasteiger partial charge on any atom is 0.303 e. The molecule has 0 aromatic rings. The fourth-order valence-electron chi connectivity index (χ4n) is 8.63. The van der Waals surface area contributed by atoms with E-state index in [1.807, 2.05) is 0 Å². The van der Waals surface area contributed by atoms with Crippen molar-refractivity contribution in [1.29, 1.82) is 0 Å². The SMILES string of the molecule is CC(CCC(=O)O)C1CCC2C3C(CCC12C)C1(C)CCC(O)(F)CC1CC3(F)F. The van der Waals surface area contributed by atoms with Crippen LogP contribution in [0.2, 0.25) is 0 Å². The zero-order valence-corrected chi connectivity index (χ0v) is 18.5. The van der Waals surface area contributed by atoms with Crippen LogP contribution >= 0.6 is 0 Å². The number of carboxylic acids is 1. The summed E-state index contributed by atoms with van der Waals surface area (Å²) in [6, 6.07) is 0. The first-order chi connectivity index (χ1) is 13.8. The van der Waals surface area contributed by atoms with Gasteiger partial charge in [0.2, 0.25) is 5.85 Å². The van der Waals surface area contributed by atoms with E-state index in [0.717, 1.165) is 25.7 Å². The minimum absolute atomic E-state index is 0.0472. The number of aliphatic hydroxyl groups is 1. The zero-order valence-electron chi connectivity index (χ0n) is 18.5. The van der Waals surface area contributed by atoms with Gasteiger partial charge in [-0.3, -0.25) is 4.79 Å². The van der Waals surface area contributed by atoms with Crippen LogP contribution in [0.1, 0.15) is 85.0 Å². The van der Waals surface area contributed by atoms with Crippen LogP contribution in [0.4, 0.5) is 13.2 Å². The minimum atomic E-state index is -2.84. The van der Waals surface area contributed by atoms with Crippen molar-refractivity contribution in [2.75, 3.05) is 0 Å². The highest BCUT2D eigenvalue weighted by atomic mass is 19.3. The van der Waals surface area contributed by atoms with Gasteiger partial charge in [-0.1, -0.05) is 20.8 Å². The molecule has 4 aliphatic carbocycles. The molecule has 0 aliphatic heterocycles. The summed E-state index contributed by atoms with van der Waals surface area (Å²) in [5, 5.41) is 19.0. The first-order valence-electron chi connectivity index (χ1n) is 11.8. The van der Waals surface area contributed by atoms with Gasteiger partial charge < -0.3 is 10.2 Å². The van der Waals surface area contributed by atoms with Gasteiger partial charge in [0.25, 0.3) is 5.92 Å². The van der Waals surface area contributed by atoms with Gasteiger partial charge in [0, 0.05) is 31.6 Å². The number of fused-ring (bicyclic) bond motifs is 5. The number of carbonyl (C=O) groups is 1. The van der Waals surface area contributed by atoms with Crippen LogP contribution in [0.15, 0.2) is 0 Å². The zero-order chi connectivity index (χ0) is 22.1. The molecule has 6 heteroatoms. The highest BCUT2D eigenvalue weighted by molar-refractivity contribution is 5.66. The molecule has 0 heterocycles. The van der Waals surface area contributed by atoms with Crippen LogP contribution < -0.4 is 0 Å². The van der Waals surface area contributed by atoms with Crippen molar-refractivity contribution in [3.8, 4) is 0 Å². The number of aliphatic carboxylic acids is 1. The smallest absolute Gasteiger partial charge is 0.303 e. The standard InChI is InChI=1S/C24H37F3O3/c1-14(4-7-19(28)29)16-5-6-17-20-18(8-9-22(16,17)3)21(2)10-11-23(25,30)12-15(21)13-24(20,26)27/h14-18,20,30H,4-13H2,1-3H3,(H,28,29). The molecular formula is C24H37F3O3. The molecule has 172 valence electrons. The number of halogens is 3. The van der Waals surface area contributed by atoms with E-state index in [4.69, 9.17) is 5.11 Å². The molecule has 30 heavy (non-hydrogen) atoms. The highest BCUT2D eigenvalue weighted by Crippen LogP contribution is 2.71. The van der Waals surface area contributed by atoms with Gasteiger partial charge >= 0.3 is 5.97 Å². The summed E-state index contributed by atoms with van der Waals surface area (Å²) in [7, 11) is 0. The lowest BCUT2D eigenvalue weighted by Gasteiger charge is -2.63. The third-order valence-corrected chi connectivity index (χ3v) is 10.2. The summed E-state index contributed by atoms with van der Waals surface area (Å²) in [5.41, 5.74) is -0.514. The summed E-state index contributed by atoms with van der Waals surface area (Å²) < 4.78 is 45.6. The third-order valence-electron chi connectivity index (χ3n) is 10.2. The summed E-state index contributed by atoms with van der Waals surface area (Å²) in [5.74, 6) is -6.80. The largest absolute Gasteiger partial charge is 0.481 e. The van der Waals surface area contributed by atoms with Crippen LogP contribution in [0.5, 0.6) is 0 Å². The van der Waals surface area contributed by atoms with Crippen molar-refractivity contribution >= 4 is 5.97 Å². The van der Waals surface area contributed by atoms with Crippen molar-refractivity contribution in [3.05, 3.63) is 0 Å². The topological polar surface area (TPSA) is 57.5 Å². The second-order valence-corrected chi connectivity index (χ2v) is 11.7. The van der Waals surface area contributed by atoms with Gasteiger partial charge in [0.05, 0.1) is 0 Å². The molecule has 4 saturated carbocycles. The van der Waals surface area contributed by atoms with E-state index >= 15 is 8.78 Å². The van der Waals surface area contributed by atoms with E-state index in [-0.39, 0.29) is 60.2 Å². The Morgan fingerprint density at radius 1 is 1.00 bits per heavy atom. The molecule has 0 aromatic carbocycles. The van der Waals surface area contributed by atoms with E-state index in [1.165, 1.54) is 0 Å². The molecule has 9 atom stereocenters. The fraction of sp³-hybridized carbons (Fsp3) is 0.958. The predicted molar refractivity (Wildman–Crippen MR) is 108 cm³/mol. The van der Waals surface area contributed by atoms with Crippen LogP contribution in [0.25, 0.3) is 0 Å². The summed E-state index contributed by atoms with van der Waals surface area (Å²) in [6.07, 6.45) is 4.06. The van der Waals surface area contributed by atoms with Crippen LogP contribution in [-0.4, -0.2) is 28.0 Å². The Morgan fingerprint density at radius 2 is 1.67 bits per heavy atom. The van der Waals surface area contributed by atoms with Crippen molar-refractivity contribution in [3.63, 3.8) is 0 Å². The lowest BCUT2D eigenvalue weighted by molar-refractivity contribution is -0.259. The van der Waals surface area contributed by atoms with Crippen molar-refractivity contribution in [2.45, 2.75) is 96.8 Å². The Hall–Kier alpha value is -0.780. The Bertz CT molecular complexity index is 695. The minimum Gasteiger partial charge on any atom is -0.481 e. The fourth-order valence-corrected chi connectivity index (χ4v) is 8.63. The second-order valence-electron chi connectivity index (χ2n) is 11.7. The monoisotopic (exact) mass is 430 g/mol. The number of hydrogen-bond acceptors (Lipinski definition) is 2. The molecule has 4 fully saturated rings. The first kappa shape index (κ1) is 22.4. The number of rotatable bonds is 4. The number of hydrogen-bond donors (Lipinski definition) is 2. The Morgan fingerprint density at radius 3 is 2.33 bits per heavy atom. The number of carboxylic acid groups (broad SMARTS) is 1. The molecule has 0 spiro atoms. The van der Waals surface area contributed by atoms with Crippen molar-refractivity contribution < 1.29 is 28.2 Å². The van der Waals surface area contributed by atoms with Crippen LogP contribution in [-0.2, 0) is 4.79 Å². The van der Waals surface area contributed by atoms with Crippen molar-refractivity contribution in [1.82, 2.24) is 0 Å². The molecule has 4 aliphatic rings. The van der Waals surface area contributed by atoms with Gasteiger partial charge in [-0.05, 0) is 78.9 Å². The van der Waals surface area contributed by atoms with Gasteiger partial charge in [0.15, 0.2) is 0 Å². The van der Waals surface area contributed by atoms with Crippen molar-refractivity contribution in [2.24, 2.45) is 46.3 Å². The maximum absolute atomic E-state index is 15.6. The molecule has 0 radical (unpaired) electrons. The molecule has 0 saturated heterocycles. The molecule has 0 aromatic heterocycles. The van der Waals surface area contributed by atoms with E-state index < -0.39 is 29.6 Å². The molecule has 4 rings (SSSR count). The molecule has 9 unspecified atom stereocenters. The van der Waals surface area contributed by atoms with E-state index in [0.29, 0.717) is 12.8 Å². The van der Waals surface area contributed by atoms with Gasteiger partial charge in [0.1, 0.15) is 0 Å². The molecule has 0 bridgehead atoms. The first-order valence-corrected chi connectivity index (χ1v) is 11.8. The molecule has 0 amide bonds. The van der Waals surface area contributed by atoms with E-state index in [9.17, 15) is 14.3 Å². The predicted octanol–water partition coefficient (Wildman–Crippen LogP) is 6.05. The summed E-state index contributed by atoms with van der Waals surface area (Å²) >= 11 is 0. The van der Waals surface area contributed by atoms with Gasteiger partial charge in [-0.25, -0.2) is 13.2 Å². The van der Waals surface area contributed by atoms with E-state index in [1.54, 1.807) is 0 Å². The van der Waals surface area contributed by atoms with Gasteiger partial charge in [-0.15, -0.1) is 0 Å². The lowest BCUT2D eigenvalue weighted by Crippen LogP contribution is -2.61. The third kappa shape index (κ3) is 3.40. The van der Waals surface area contributed by atoms with E-state index in [2.05, 4.69) is 20.8 Å². The summed E-state index contributed by atoms with van der Waals surface area (Å²) in [4.78, 5) is 11.0. The average Bonchev–Trinajstić information content (AvgIpc) is 2.98. The second kappa shape index (κ2) is 7.11.